The van der Waals surface area contributed by atoms with Crippen LogP contribution in [-0.2, 0) is 11.3 Å². The van der Waals surface area contributed by atoms with E-state index in [4.69, 9.17) is 9.47 Å². The molecule has 5 nitrogen and oxygen atoms in total. The van der Waals surface area contributed by atoms with Crippen LogP contribution in [0, 0.1) is 0 Å². The summed E-state index contributed by atoms with van der Waals surface area (Å²) < 4.78 is 11.1. The number of aliphatic hydroxyl groups excluding tert-OH is 1. The minimum atomic E-state index is 0.0599. The minimum Gasteiger partial charge on any atom is -0.490 e. The lowest BCUT2D eigenvalue weighted by atomic mass is 10.1. The molecule has 2 aliphatic rings. The molecular weight excluding hydrogens is 256 g/mol. The first kappa shape index (κ1) is 13.7. The van der Waals surface area contributed by atoms with Gasteiger partial charge in [-0.05, 0) is 17.7 Å². The van der Waals surface area contributed by atoms with Crippen molar-refractivity contribution in [2.24, 2.45) is 0 Å². The van der Waals surface area contributed by atoms with Crippen molar-refractivity contribution in [3.8, 4) is 5.75 Å². The molecule has 3 rings (SSSR count). The van der Waals surface area contributed by atoms with Gasteiger partial charge in [0.2, 0.25) is 0 Å². The monoisotopic (exact) mass is 278 g/mol. The topological polar surface area (TPSA) is 45.2 Å². The average Bonchev–Trinajstić information content (AvgIpc) is 2.53. The highest BCUT2D eigenvalue weighted by molar-refractivity contribution is 5.61. The standard InChI is InChI=1S/C15H22N2O3/c18-12-13-1-2-14-15(11-13)20-10-7-17(14)4-3-16-5-8-19-9-6-16/h1-2,11,18H,3-10,12H2. The van der Waals surface area contributed by atoms with Crippen molar-refractivity contribution >= 4 is 5.69 Å². The van der Waals surface area contributed by atoms with E-state index in [-0.39, 0.29) is 6.61 Å². The van der Waals surface area contributed by atoms with E-state index < -0.39 is 0 Å². The lowest BCUT2D eigenvalue weighted by Gasteiger charge is -2.34. The Labute approximate surface area is 119 Å². The van der Waals surface area contributed by atoms with Gasteiger partial charge in [-0.25, -0.2) is 0 Å². The Balaban J connectivity index is 1.63. The number of hydrogen-bond acceptors (Lipinski definition) is 5. The molecule has 0 unspecified atom stereocenters. The number of fused-ring (bicyclic) bond motifs is 1. The molecule has 0 atom stereocenters. The third-order valence-electron chi connectivity index (χ3n) is 3.96. The van der Waals surface area contributed by atoms with Gasteiger partial charge in [0.25, 0.3) is 0 Å². The van der Waals surface area contributed by atoms with Gasteiger partial charge in [-0.3, -0.25) is 4.90 Å². The van der Waals surface area contributed by atoms with Crippen LogP contribution < -0.4 is 9.64 Å². The van der Waals surface area contributed by atoms with E-state index in [1.54, 1.807) is 0 Å². The number of nitrogens with zero attached hydrogens (tertiary/aromatic N) is 2. The van der Waals surface area contributed by atoms with Crippen LogP contribution in [0.15, 0.2) is 18.2 Å². The molecular formula is C15H22N2O3. The van der Waals surface area contributed by atoms with Gasteiger partial charge in [0.05, 0.1) is 32.1 Å². The van der Waals surface area contributed by atoms with Crippen molar-refractivity contribution in [3.63, 3.8) is 0 Å². The Morgan fingerprint density at radius 2 is 1.90 bits per heavy atom. The molecule has 110 valence electrons. The number of benzene rings is 1. The zero-order valence-electron chi connectivity index (χ0n) is 11.8. The third kappa shape index (κ3) is 3.06. The molecule has 0 amide bonds. The summed E-state index contributed by atoms with van der Waals surface area (Å²) in [6.45, 7) is 7.52. The molecule has 2 heterocycles. The molecule has 0 aliphatic carbocycles. The lowest BCUT2D eigenvalue weighted by Crippen LogP contribution is -2.43. The van der Waals surface area contributed by atoms with Crippen molar-refractivity contribution in [2.75, 3.05) is 57.4 Å². The lowest BCUT2D eigenvalue weighted by molar-refractivity contribution is 0.0390. The Hall–Kier alpha value is -1.30. The largest absolute Gasteiger partial charge is 0.490 e. The zero-order valence-corrected chi connectivity index (χ0v) is 11.8. The Morgan fingerprint density at radius 3 is 2.70 bits per heavy atom. The molecule has 0 bridgehead atoms. The summed E-state index contributed by atoms with van der Waals surface area (Å²) in [6, 6.07) is 5.96. The second-order valence-corrected chi connectivity index (χ2v) is 5.25. The predicted octanol–water partition coefficient (Wildman–Crippen LogP) is 0.710. The first-order chi connectivity index (χ1) is 9.86. The highest BCUT2D eigenvalue weighted by Gasteiger charge is 2.19. The average molecular weight is 278 g/mol. The zero-order chi connectivity index (χ0) is 13.8. The van der Waals surface area contributed by atoms with Crippen LogP contribution >= 0.6 is 0 Å². The number of anilines is 1. The summed E-state index contributed by atoms with van der Waals surface area (Å²) in [7, 11) is 0. The van der Waals surface area contributed by atoms with Crippen LogP contribution in [0.2, 0.25) is 0 Å². The normalized spacial score (nSPS) is 19.6. The summed E-state index contributed by atoms with van der Waals surface area (Å²) >= 11 is 0. The molecule has 2 aliphatic heterocycles. The van der Waals surface area contributed by atoms with E-state index in [0.717, 1.165) is 62.9 Å². The molecule has 1 aromatic carbocycles. The number of aliphatic hydroxyl groups is 1. The fourth-order valence-corrected chi connectivity index (χ4v) is 2.74. The van der Waals surface area contributed by atoms with Gasteiger partial charge in [-0.2, -0.15) is 0 Å². The van der Waals surface area contributed by atoms with Gasteiger partial charge >= 0.3 is 0 Å². The van der Waals surface area contributed by atoms with Crippen LogP contribution in [0.25, 0.3) is 0 Å². The smallest absolute Gasteiger partial charge is 0.143 e. The maximum atomic E-state index is 9.19. The van der Waals surface area contributed by atoms with Gasteiger partial charge in [0.1, 0.15) is 12.4 Å². The van der Waals surface area contributed by atoms with Crippen molar-refractivity contribution in [1.82, 2.24) is 4.90 Å². The minimum absolute atomic E-state index is 0.0599. The van der Waals surface area contributed by atoms with E-state index in [0.29, 0.717) is 6.61 Å². The van der Waals surface area contributed by atoms with Gasteiger partial charge < -0.3 is 19.5 Å². The summed E-state index contributed by atoms with van der Waals surface area (Å²) in [6.07, 6.45) is 0. The van der Waals surface area contributed by atoms with E-state index in [1.165, 1.54) is 0 Å². The number of hydrogen-bond donors (Lipinski definition) is 1. The fourth-order valence-electron chi connectivity index (χ4n) is 2.74. The second-order valence-electron chi connectivity index (χ2n) is 5.25. The van der Waals surface area contributed by atoms with Crippen LogP contribution in [0.4, 0.5) is 5.69 Å². The molecule has 20 heavy (non-hydrogen) atoms. The Kier molecular flexibility index (Phi) is 4.40. The quantitative estimate of drug-likeness (QED) is 0.879. The van der Waals surface area contributed by atoms with Crippen LogP contribution in [0.1, 0.15) is 5.56 Å². The molecule has 5 heteroatoms. The van der Waals surface area contributed by atoms with Crippen molar-refractivity contribution in [3.05, 3.63) is 23.8 Å². The molecule has 1 N–H and O–H groups in total. The predicted molar refractivity (Wildman–Crippen MR) is 77.3 cm³/mol. The van der Waals surface area contributed by atoms with Crippen LogP contribution in [0.5, 0.6) is 5.75 Å². The van der Waals surface area contributed by atoms with Gasteiger partial charge in [0.15, 0.2) is 0 Å². The Bertz CT molecular complexity index is 447. The first-order valence-electron chi connectivity index (χ1n) is 7.28. The summed E-state index contributed by atoms with van der Waals surface area (Å²) in [5.41, 5.74) is 2.04. The Morgan fingerprint density at radius 1 is 1.05 bits per heavy atom. The third-order valence-corrected chi connectivity index (χ3v) is 3.96. The molecule has 0 aromatic heterocycles. The molecule has 0 radical (unpaired) electrons. The van der Waals surface area contributed by atoms with E-state index in [1.807, 2.05) is 12.1 Å². The van der Waals surface area contributed by atoms with Crippen LogP contribution in [0.3, 0.4) is 0 Å². The van der Waals surface area contributed by atoms with E-state index >= 15 is 0 Å². The molecule has 0 spiro atoms. The number of ether oxygens (including phenoxy) is 2. The molecule has 1 saturated heterocycles. The summed E-state index contributed by atoms with van der Waals surface area (Å²) in [4.78, 5) is 4.82. The van der Waals surface area contributed by atoms with Crippen molar-refractivity contribution in [1.29, 1.82) is 0 Å². The summed E-state index contributed by atoms with van der Waals surface area (Å²) in [5, 5.41) is 9.19. The number of morpholine rings is 1. The highest BCUT2D eigenvalue weighted by Crippen LogP contribution is 2.32. The number of rotatable bonds is 4. The second kappa shape index (κ2) is 6.43. The summed E-state index contributed by atoms with van der Waals surface area (Å²) in [5.74, 6) is 0.893. The van der Waals surface area contributed by atoms with Gasteiger partial charge in [-0.15, -0.1) is 0 Å². The van der Waals surface area contributed by atoms with Gasteiger partial charge in [-0.1, -0.05) is 6.07 Å². The van der Waals surface area contributed by atoms with Crippen LogP contribution in [-0.4, -0.2) is 62.6 Å². The highest BCUT2D eigenvalue weighted by atomic mass is 16.5. The van der Waals surface area contributed by atoms with E-state index in [9.17, 15) is 5.11 Å². The maximum absolute atomic E-state index is 9.19. The van der Waals surface area contributed by atoms with E-state index in [2.05, 4.69) is 15.9 Å². The molecule has 1 fully saturated rings. The fraction of sp³-hybridized carbons (Fsp3) is 0.600. The first-order valence-corrected chi connectivity index (χ1v) is 7.28. The molecule has 0 saturated carbocycles. The SMILES string of the molecule is OCc1ccc2c(c1)OCCN2CCN1CCOCC1. The van der Waals surface area contributed by atoms with Crippen molar-refractivity contribution in [2.45, 2.75) is 6.61 Å². The molecule has 1 aromatic rings. The maximum Gasteiger partial charge on any atom is 0.143 e. The van der Waals surface area contributed by atoms with Gasteiger partial charge in [0, 0.05) is 26.2 Å². The van der Waals surface area contributed by atoms with Crippen molar-refractivity contribution < 1.29 is 14.6 Å².